The predicted molar refractivity (Wildman–Crippen MR) is 63.2 cm³/mol. The van der Waals surface area contributed by atoms with Crippen LogP contribution >= 0.6 is 0 Å². The Labute approximate surface area is 96.0 Å². The predicted octanol–water partition coefficient (Wildman–Crippen LogP) is 2.22. The Morgan fingerprint density at radius 3 is 2.44 bits per heavy atom. The molecule has 1 aromatic heterocycles. The zero-order valence-electron chi connectivity index (χ0n) is 10.2. The van der Waals surface area contributed by atoms with Crippen molar-refractivity contribution in [3.05, 3.63) is 24.5 Å². The number of ether oxygens (including phenoxy) is 1. The molecular formula is C12H18N2O2. The van der Waals surface area contributed by atoms with E-state index in [9.17, 15) is 4.79 Å². The van der Waals surface area contributed by atoms with Crippen LogP contribution in [-0.4, -0.2) is 22.6 Å². The number of aromatic nitrogens is 1. The van der Waals surface area contributed by atoms with Crippen LogP contribution in [0, 0.1) is 0 Å². The first-order valence-corrected chi connectivity index (χ1v) is 5.28. The minimum absolute atomic E-state index is 0.260. The molecule has 0 fully saturated rings. The van der Waals surface area contributed by atoms with Gasteiger partial charge in [-0.25, -0.2) is 4.79 Å². The van der Waals surface area contributed by atoms with E-state index in [1.54, 1.807) is 31.5 Å². The molecule has 0 aliphatic carbocycles. The largest absolute Gasteiger partial charge is 0.458 e. The Hall–Kier alpha value is -1.58. The van der Waals surface area contributed by atoms with Crippen LogP contribution in [-0.2, 0) is 9.53 Å². The van der Waals surface area contributed by atoms with Crippen LogP contribution in [0.15, 0.2) is 24.5 Å². The highest BCUT2D eigenvalue weighted by molar-refractivity contribution is 5.79. The molecule has 0 spiro atoms. The highest BCUT2D eigenvalue weighted by Crippen LogP contribution is 2.11. The smallest absolute Gasteiger partial charge is 0.328 e. The number of anilines is 1. The second kappa shape index (κ2) is 4.96. The van der Waals surface area contributed by atoms with E-state index < -0.39 is 5.60 Å². The number of nitrogens with zero attached hydrogens (tertiary/aromatic N) is 1. The summed E-state index contributed by atoms with van der Waals surface area (Å²) >= 11 is 0. The third-order valence-electron chi connectivity index (χ3n) is 1.82. The van der Waals surface area contributed by atoms with E-state index in [0.717, 1.165) is 5.69 Å². The van der Waals surface area contributed by atoms with Gasteiger partial charge in [-0.3, -0.25) is 4.98 Å². The molecule has 4 heteroatoms. The summed E-state index contributed by atoms with van der Waals surface area (Å²) in [6.45, 7) is 7.33. The molecule has 0 saturated carbocycles. The van der Waals surface area contributed by atoms with Gasteiger partial charge >= 0.3 is 5.97 Å². The van der Waals surface area contributed by atoms with Gasteiger partial charge in [0, 0.05) is 18.1 Å². The molecular weight excluding hydrogens is 204 g/mol. The van der Waals surface area contributed by atoms with Crippen molar-refractivity contribution in [2.75, 3.05) is 5.32 Å². The fourth-order valence-electron chi connectivity index (χ4n) is 1.15. The summed E-state index contributed by atoms with van der Waals surface area (Å²) in [5.41, 5.74) is 0.402. The van der Waals surface area contributed by atoms with E-state index in [1.807, 2.05) is 20.8 Å². The molecule has 0 amide bonds. The molecule has 1 heterocycles. The summed E-state index contributed by atoms with van der Waals surface area (Å²) in [5.74, 6) is -0.260. The number of pyridine rings is 1. The molecule has 0 unspecified atom stereocenters. The first kappa shape index (κ1) is 12.5. The summed E-state index contributed by atoms with van der Waals surface area (Å²) in [7, 11) is 0. The van der Waals surface area contributed by atoms with Crippen LogP contribution in [0.5, 0.6) is 0 Å². The molecule has 1 aromatic rings. The van der Waals surface area contributed by atoms with Gasteiger partial charge in [-0.05, 0) is 39.8 Å². The first-order chi connectivity index (χ1) is 7.38. The molecule has 0 saturated heterocycles. The lowest BCUT2D eigenvalue weighted by Crippen LogP contribution is -2.34. The summed E-state index contributed by atoms with van der Waals surface area (Å²) in [6, 6.07) is 3.24. The van der Waals surface area contributed by atoms with Crippen molar-refractivity contribution in [1.29, 1.82) is 0 Å². The van der Waals surface area contributed by atoms with Crippen LogP contribution in [0.4, 0.5) is 5.69 Å². The quantitative estimate of drug-likeness (QED) is 0.797. The van der Waals surface area contributed by atoms with Gasteiger partial charge in [-0.15, -0.1) is 0 Å². The van der Waals surface area contributed by atoms with Gasteiger partial charge in [0.15, 0.2) is 0 Å². The lowest BCUT2D eigenvalue weighted by Gasteiger charge is -2.23. The van der Waals surface area contributed by atoms with E-state index in [2.05, 4.69) is 10.3 Å². The van der Waals surface area contributed by atoms with E-state index in [1.165, 1.54) is 0 Å². The van der Waals surface area contributed by atoms with Gasteiger partial charge in [-0.1, -0.05) is 0 Å². The molecule has 1 atom stereocenters. The molecule has 0 aromatic carbocycles. The molecule has 0 aliphatic rings. The number of hydrogen-bond acceptors (Lipinski definition) is 4. The average Bonchev–Trinajstić information content (AvgIpc) is 2.16. The summed E-state index contributed by atoms with van der Waals surface area (Å²) in [5, 5.41) is 3.05. The number of rotatable bonds is 3. The van der Waals surface area contributed by atoms with Gasteiger partial charge < -0.3 is 10.1 Å². The second-order valence-corrected chi connectivity index (χ2v) is 4.64. The maximum Gasteiger partial charge on any atom is 0.328 e. The lowest BCUT2D eigenvalue weighted by atomic mass is 10.2. The molecule has 1 N–H and O–H groups in total. The standard InChI is InChI=1S/C12H18N2O2/c1-9(11(15)16-12(2,3)4)14-10-5-7-13-8-6-10/h5-9H,1-4H3,(H,13,14)/t9-/m0/s1. The highest BCUT2D eigenvalue weighted by Gasteiger charge is 2.21. The summed E-state index contributed by atoms with van der Waals surface area (Å²) in [6.07, 6.45) is 3.34. The normalized spacial score (nSPS) is 13.0. The van der Waals surface area contributed by atoms with Crippen LogP contribution in [0.2, 0.25) is 0 Å². The summed E-state index contributed by atoms with van der Waals surface area (Å²) < 4.78 is 5.25. The second-order valence-electron chi connectivity index (χ2n) is 4.64. The Bertz CT molecular complexity index is 344. The number of nitrogens with one attached hydrogen (secondary N) is 1. The van der Waals surface area contributed by atoms with E-state index in [-0.39, 0.29) is 12.0 Å². The van der Waals surface area contributed by atoms with E-state index >= 15 is 0 Å². The maximum atomic E-state index is 11.7. The SMILES string of the molecule is C[C@H](Nc1ccncc1)C(=O)OC(C)(C)C. The average molecular weight is 222 g/mol. The zero-order valence-corrected chi connectivity index (χ0v) is 10.2. The van der Waals surface area contributed by atoms with Crippen molar-refractivity contribution in [2.24, 2.45) is 0 Å². The van der Waals surface area contributed by atoms with E-state index in [0.29, 0.717) is 0 Å². The number of carbonyl (C=O) groups is 1. The van der Waals surface area contributed by atoms with Crippen molar-refractivity contribution >= 4 is 11.7 Å². The molecule has 88 valence electrons. The number of hydrogen-bond donors (Lipinski definition) is 1. The Kier molecular flexibility index (Phi) is 3.88. The number of esters is 1. The van der Waals surface area contributed by atoms with Gasteiger partial charge in [0.2, 0.25) is 0 Å². The van der Waals surface area contributed by atoms with Crippen LogP contribution < -0.4 is 5.32 Å². The van der Waals surface area contributed by atoms with Crippen LogP contribution in [0.1, 0.15) is 27.7 Å². The third kappa shape index (κ3) is 4.29. The summed E-state index contributed by atoms with van der Waals surface area (Å²) in [4.78, 5) is 15.6. The fraction of sp³-hybridized carbons (Fsp3) is 0.500. The lowest BCUT2D eigenvalue weighted by molar-refractivity contribution is -0.155. The Morgan fingerprint density at radius 2 is 1.94 bits per heavy atom. The van der Waals surface area contributed by atoms with Crippen molar-refractivity contribution < 1.29 is 9.53 Å². The fourth-order valence-corrected chi connectivity index (χ4v) is 1.15. The van der Waals surface area contributed by atoms with Crippen molar-refractivity contribution in [2.45, 2.75) is 39.3 Å². The Balaban J connectivity index is 2.53. The molecule has 0 radical (unpaired) electrons. The van der Waals surface area contributed by atoms with E-state index in [4.69, 9.17) is 4.74 Å². The van der Waals surface area contributed by atoms with Gasteiger partial charge in [-0.2, -0.15) is 0 Å². The zero-order chi connectivity index (χ0) is 12.2. The molecule has 4 nitrogen and oxygen atoms in total. The van der Waals surface area contributed by atoms with Crippen molar-refractivity contribution in [3.8, 4) is 0 Å². The Morgan fingerprint density at radius 1 is 1.38 bits per heavy atom. The number of carbonyl (C=O) groups excluding carboxylic acids is 1. The van der Waals surface area contributed by atoms with Crippen LogP contribution in [0.3, 0.4) is 0 Å². The van der Waals surface area contributed by atoms with Crippen molar-refractivity contribution in [1.82, 2.24) is 4.98 Å². The van der Waals surface area contributed by atoms with Gasteiger partial charge in [0.25, 0.3) is 0 Å². The maximum absolute atomic E-state index is 11.7. The van der Waals surface area contributed by atoms with Gasteiger partial charge in [0.1, 0.15) is 11.6 Å². The minimum atomic E-state index is -0.453. The molecule has 1 rings (SSSR count). The first-order valence-electron chi connectivity index (χ1n) is 5.28. The minimum Gasteiger partial charge on any atom is -0.458 e. The van der Waals surface area contributed by atoms with Gasteiger partial charge in [0.05, 0.1) is 0 Å². The molecule has 16 heavy (non-hydrogen) atoms. The molecule has 0 aliphatic heterocycles. The highest BCUT2D eigenvalue weighted by atomic mass is 16.6. The topological polar surface area (TPSA) is 51.2 Å². The van der Waals surface area contributed by atoms with Crippen molar-refractivity contribution in [3.63, 3.8) is 0 Å². The third-order valence-corrected chi connectivity index (χ3v) is 1.82. The molecule has 0 bridgehead atoms. The monoisotopic (exact) mass is 222 g/mol. The van der Waals surface area contributed by atoms with Crippen LogP contribution in [0.25, 0.3) is 0 Å².